The van der Waals surface area contributed by atoms with Crippen molar-refractivity contribution in [3.63, 3.8) is 0 Å². The van der Waals surface area contributed by atoms with Gasteiger partial charge in [-0.25, -0.2) is 24.4 Å². The van der Waals surface area contributed by atoms with Crippen LogP contribution in [0.1, 0.15) is 10.5 Å². The fraction of sp³-hybridized carbons (Fsp3) is 0.100. The lowest BCUT2D eigenvalue weighted by Gasteiger charge is -1.99. The van der Waals surface area contributed by atoms with Gasteiger partial charge in [0.25, 0.3) is 0 Å². The molecule has 9 nitrogen and oxygen atoms in total. The number of anilines is 1. The molecule has 0 aliphatic carbocycles. The molecule has 0 aliphatic rings. The summed E-state index contributed by atoms with van der Waals surface area (Å²) in [6.45, 7) is 0. The zero-order valence-electron chi connectivity index (χ0n) is 9.86. The van der Waals surface area contributed by atoms with Crippen LogP contribution in [0.2, 0.25) is 0 Å². The number of nitrogen functional groups attached to an aromatic ring is 1. The predicted molar refractivity (Wildman–Crippen MR) is 64.6 cm³/mol. The second-order valence-corrected chi connectivity index (χ2v) is 3.67. The number of ether oxygens (including phenoxy) is 1. The van der Waals surface area contributed by atoms with Crippen molar-refractivity contribution in [3.8, 4) is 5.82 Å². The number of hydrogen-bond acceptors (Lipinski definition) is 7. The maximum absolute atomic E-state index is 11.5. The van der Waals surface area contributed by atoms with E-state index >= 15 is 0 Å². The minimum absolute atomic E-state index is 0.0359. The molecular weight excluding hydrogens is 250 g/mol. The molecule has 0 aromatic carbocycles. The molecule has 0 radical (unpaired) electrons. The van der Waals surface area contributed by atoms with Crippen LogP contribution in [0.25, 0.3) is 17.0 Å². The van der Waals surface area contributed by atoms with Gasteiger partial charge in [0.15, 0.2) is 17.2 Å². The first kappa shape index (κ1) is 11.1. The highest BCUT2D eigenvalue weighted by molar-refractivity contribution is 5.92. The molecule has 19 heavy (non-hydrogen) atoms. The van der Waals surface area contributed by atoms with Crippen LogP contribution in [-0.2, 0) is 4.74 Å². The maximum atomic E-state index is 11.5. The fourth-order valence-corrected chi connectivity index (χ4v) is 1.68. The topological polar surface area (TPSA) is 125 Å². The van der Waals surface area contributed by atoms with Crippen molar-refractivity contribution >= 4 is 22.8 Å². The Morgan fingerprint density at radius 2 is 2.26 bits per heavy atom. The molecule has 9 heteroatoms. The van der Waals surface area contributed by atoms with E-state index in [0.717, 1.165) is 0 Å². The largest absolute Gasteiger partial charge is 0.464 e. The number of nitrogens with two attached hydrogens (primary N) is 1. The number of carbonyl (C=O) groups excluding carboxylic acids is 1. The molecule has 0 saturated heterocycles. The molecule has 0 aliphatic heterocycles. The van der Waals surface area contributed by atoms with Crippen molar-refractivity contribution in [2.45, 2.75) is 0 Å². The van der Waals surface area contributed by atoms with Crippen molar-refractivity contribution < 1.29 is 9.53 Å². The van der Waals surface area contributed by atoms with E-state index in [9.17, 15) is 4.79 Å². The SMILES string of the molecule is COC(=O)c1nn(-c2ncnc3nc[nH]c23)cc1N. The van der Waals surface area contributed by atoms with Gasteiger partial charge in [-0.3, -0.25) is 0 Å². The van der Waals surface area contributed by atoms with Crippen molar-refractivity contribution in [1.29, 1.82) is 0 Å². The zero-order chi connectivity index (χ0) is 13.4. The lowest BCUT2D eigenvalue weighted by atomic mass is 10.4. The van der Waals surface area contributed by atoms with Crippen molar-refractivity contribution in [1.82, 2.24) is 29.7 Å². The Labute approximate surface area is 106 Å². The average molecular weight is 259 g/mol. The van der Waals surface area contributed by atoms with Gasteiger partial charge in [0, 0.05) is 0 Å². The zero-order valence-corrected chi connectivity index (χ0v) is 9.86. The fourth-order valence-electron chi connectivity index (χ4n) is 1.68. The number of esters is 1. The van der Waals surface area contributed by atoms with Gasteiger partial charge in [-0.05, 0) is 0 Å². The molecule has 0 spiro atoms. The summed E-state index contributed by atoms with van der Waals surface area (Å²) in [5.74, 6) is -0.157. The number of hydrogen-bond donors (Lipinski definition) is 2. The van der Waals surface area contributed by atoms with E-state index < -0.39 is 5.97 Å². The van der Waals surface area contributed by atoms with Gasteiger partial charge in [-0.1, -0.05) is 0 Å². The van der Waals surface area contributed by atoms with E-state index in [0.29, 0.717) is 17.0 Å². The second-order valence-electron chi connectivity index (χ2n) is 3.67. The number of nitrogens with one attached hydrogen (secondary N) is 1. The molecule has 3 N–H and O–H groups in total. The molecule has 3 aromatic rings. The first-order valence-electron chi connectivity index (χ1n) is 5.28. The third-order valence-corrected chi connectivity index (χ3v) is 2.54. The number of aromatic nitrogens is 6. The van der Waals surface area contributed by atoms with Crippen LogP contribution >= 0.6 is 0 Å². The molecule has 0 bridgehead atoms. The van der Waals surface area contributed by atoms with Crippen LogP contribution < -0.4 is 5.73 Å². The van der Waals surface area contributed by atoms with E-state index in [1.165, 1.54) is 30.6 Å². The molecule has 0 fully saturated rings. The molecule has 3 aromatic heterocycles. The predicted octanol–water partition coefficient (Wildman–Crippen LogP) is -0.0926. The standard InChI is InChI=1S/C10H9N7O2/c1-19-10(18)6-5(11)2-17(16-6)9-7-8(13-3-12-7)14-4-15-9/h2-4H,11H2,1H3,(H,12,13,14,15). The number of aromatic amines is 1. The summed E-state index contributed by atoms with van der Waals surface area (Å²) in [7, 11) is 1.26. The molecule has 0 atom stereocenters. The quantitative estimate of drug-likeness (QED) is 0.616. The summed E-state index contributed by atoms with van der Waals surface area (Å²) >= 11 is 0. The van der Waals surface area contributed by atoms with Gasteiger partial charge >= 0.3 is 5.97 Å². The Kier molecular flexibility index (Phi) is 2.37. The van der Waals surface area contributed by atoms with Crippen LogP contribution in [0.15, 0.2) is 18.9 Å². The van der Waals surface area contributed by atoms with Crippen LogP contribution in [0.5, 0.6) is 0 Å². The highest BCUT2D eigenvalue weighted by atomic mass is 16.5. The van der Waals surface area contributed by atoms with Crippen molar-refractivity contribution in [3.05, 3.63) is 24.5 Å². The maximum Gasteiger partial charge on any atom is 0.360 e. The van der Waals surface area contributed by atoms with Crippen LogP contribution in [0, 0.1) is 0 Å². The molecule has 0 amide bonds. The minimum atomic E-state index is -0.605. The van der Waals surface area contributed by atoms with Gasteiger partial charge in [0.1, 0.15) is 11.8 Å². The molecule has 0 unspecified atom stereocenters. The number of rotatable bonds is 2. The third kappa shape index (κ3) is 1.68. The number of H-pyrrole nitrogens is 1. The molecule has 96 valence electrons. The number of methoxy groups -OCH3 is 1. The van der Waals surface area contributed by atoms with Gasteiger partial charge < -0.3 is 15.5 Å². The average Bonchev–Trinajstić information content (AvgIpc) is 3.03. The van der Waals surface area contributed by atoms with Crippen molar-refractivity contribution in [2.24, 2.45) is 0 Å². The third-order valence-electron chi connectivity index (χ3n) is 2.54. The summed E-state index contributed by atoms with van der Waals surface area (Å²) in [6, 6.07) is 0. The lowest BCUT2D eigenvalue weighted by molar-refractivity contribution is 0.0594. The normalized spacial score (nSPS) is 10.8. The number of carbonyl (C=O) groups is 1. The van der Waals surface area contributed by atoms with E-state index in [4.69, 9.17) is 5.73 Å². The number of imidazole rings is 1. The Morgan fingerprint density at radius 3 is 3.05 bits per heavy atom. The van der Waals surface area contributed by atoms with Crippen LogP contribution in [0.4, 0.5) is 5.69 Å². The van der Waals surface area contributed by atoms with E-state index in [2.05, 4.69) is 29.8 Å². The summed E-state index contributed by atoms with van der Waals surface area (Å²) in [4.78, 5) is 26.5. The van der Waals surface area contributed by atoms with Gasteiger partial charge in [0.05, 0.1) is 25.3 Å². The van der Waals surface area contributed by atoms with E-state index in [1.807, 2.05) is 0 Å². The van der Waals surface area contributed by atoms with E-state index in [1.54, 1.807) is 0 Å². The van der Waals surface area contributed by atoms with E-state index in [-0.39, 0.29) is 11.4 Å². The first-order chi connectivity index (χ1) is 9.20. The Morgan fingerprint density at radius 1 is 1.42 bits per heavy atom. The van der Waals surface area contributed by atoms with Crippen molar-refractivity contribution in [2.75, 3.05) is 12.8 Å². The highest BCUT2D eigenvalue weighted by Crippen LogP contribution is 2.17. The Hall–Kier alpha value is -2.97. The summed E-state index contributed by atoms with van der Waals surface area (Å²) in [5, 5.41) is 4.06. The summed E-state index contributed by atoms with van der Waals surface area (Å²) in [6.07, 6.45) is 4.33. The molecule has 3 rings (SSSR count). The monoisotopic (exact) mass is 259 g/mol. The highest BCUT2D eigenvalue weighted by Gasteiger charge is 2.17. The number of nitrogens with zero attached hydrogens (tertiary/aromatic N) is 5. The second kappa shape index (κ2) is 4.05. The molecule has 3 heterocycles. The van der Waals surface area contributed by atoms with Gasteiger partial charge in [-0.15, -0.1) is 0 Å². The molecule has 0 saturated carbocycles. The Bertz CT molecular complexity index is 760. The van der Waals surface area contributed by atoms with Crippen LogP contribution in [0.3, 0.4) is 0 Å². The Balaban J connectivity index is 2.17. The first-order valence-corrected chi connectivity index (χ1v) is 5.28. The smallest absolute Gasteiger partial charge is 0.360 e. The van der Waals surface area contributed by atoms with Crippen LogP contribution in [-0.4, -0.2) is 42.8 Å². The summed E-state index contributed by atoms with van der Waals surface area (Å²) < 4.78 is 5.97. The summed E-state index contributed by atoms with van der Waals surface area (Å²) in [5.41, 5.74) is 7.06. The lowest BCUT2D eigenvalue weighted by Crippen LogP contribution is -2.06. The molecular formula is C10H9N7O2. The number of fused-ring (bicyclic) bond motifs is 1. The van der Waals surface area contributed by atoms with Gasteiger partial charge in [-0.2, -0.15) is 5.10 Å². The minimum Gasteiger partial charge on any atom is -0.464 e. The van der Waals surface area contributed by atoms with Gasteiger partial charge in [0.2, 0.25) is 0 Å².